The van der Waals surface area contributed by atoms with Gasteiger partial charge in [0.05, 0.1) is 56.9 Å². The fourth-order valence-corrected chi connectivity index (χ4v) is 7.87. The van der Waals surface area contributed by atoms with E-state index in [0.717, 1.165) is 81.7 Å². The Balaban J connectivity index is 1.45. The zero-order valence-corrected chi connectivity index (χ0v) is 34.2. The number of carbonyl (C=O) groups is 2. The Hall–Kier alpha value is -5.90. The van der Waals surface area contributed by atoms with Crippen LogP contribution in [0.4, 0.5) is 0 Å². The molecule has 0 aliphatic heterocycles. The first-order valence-electron chi connectivity index (χ1n) is 19.1. The lowest BCUT2D eigenvalue weighted by molar-refractivity contribution is -0.115. The molecule has 0 atom stereocenters. The first kappa shape index (κ1) is 40.8. The van der Waals surface area contributed by atoms with Crippen LogP contribution >= 0.6 is 0 Å². The minimum absolute atomic E-state index is 0.133. The standard InChI is InChI=1S/C47H52O10/c1-50-40-21-32-15-33-24-45(55-6)36(25-44(33)54-5)17-37-27-46(56-7)35(26-47(37)57-8)16-34-23-42(52-3)31(22-43(34)53-4)14-30-19-38(48)28(18-39(30)49)12-10-9-11-13-29(40)20-41(32)51-2/h18-27H,9-17H2,1-8H3. The van der Waals surface area contributed by atoms with Crippen LogP contribution in [0, 0.1) is 0 Å². The maximum atomic E-state index is 13.4. The van der Waals surface area contributed by atoms with Crippen LogP contribution in [-0.2, 0) is 41.7 Å². The summed E-state index contributed by atoms with van der Waals surface area (Å²) in [5.74, 6) is 5.21. The van der Waals surface area contributed by atoms with Gasteiger partial charge in [-0.05, 0) is 91.9 Å². The molecule has 0 unspecified atom stereocenters. The number of methoxy groups -OCH3 is 8. The fraction of sp³-hybridized carbons (Fsp3) is 0.362. The molecular weight excluding hydrogens is 725 g/mol. The Bertz CT molecular complexity index is 2210. The summed E-state index contributed by atoms with van der Waals surface area (Å²) in [6, 6.07) is 15.9. The third-order valence-electron chi connectivity index (χ3n) is 10.9. The maximum absolute atomic E-state index is 13.4. The molecule has 10 bridgehead atoms. The van der Waals surface area contributed by atoms with E-state index in [4.69, 9.17) is 37.9 Å². The normalized spacial score (nSPS) is 14.7. The Labute approximate surface area is 335 Å². The molecule has 0 radical (unpaired) electrons. The third-order valence-corrected chi connectivity index (χ3v) is 10.9. The highest BCUT2D eigenvalue weighted by molar-refractivity contribution is 6.20. The molecule has 0 saturated carbocycles. The van der Waals surface area contributed by atoms with Gasteiger partial charge in [-0.2, -0.15) is 0 Å². The summed E-state index contributed by atoms with van der Waals surface area (Å²) in [7, 11) is 13.2. The second-order valence-corrected chi connectivity index (χ2v) is 14.2. The molecule has 16 rings (SSSR count). The van der Waals surface area contributed by atoms with Crippen molar-refractivity contribution in [3.05, 3.63) is 116 Å². The lowest BCUT2D eigenvalue weighted by atomic mass is 9.89. The number of aryl methyl sites for hydroxylation is 1. The van der Waals surface area contributed by atoms with Crippen molar-refractivity contribution >= 4 is 11.6 Å². The van der Waals surface area contributed by atoms with E-state index >= 15 is 0 Å². The number of ketones is 2. The molecule has 0 fully saturated rings. The fourth-order valence-electron chi connectivity index (χ4n) is 7.87. The van der Waals surface area contributed by atoms with Crippen LogP contribution in [-0.4, -0.2) is 68.4 Å². The van der Waals surface area contributed by atoms with Crippen LogP contribution in [0.15, 0.2) is 71.8 Å². The SMILES string of the molecule is COc1cc2c(OC)cc1CCCCCC1=CC(=O)C(=CC1=O)Cc1cc(OC)c(cc1OC)Cc1cc(OC)c(cc1OC)Cc1cc(OC)c(cc1OC)C2. The van der Waals surface area contributed by atoms with Crippen LogP contribution in [0.2, 0.25) is 0 Å². The largest absolute Gasteiger partial charge is 0.496 e. The minimum atomic E-state index is -0.169. The molecule has 0 saturated heterocycles. The molecule has 0 spiro atoms. The van der Waals surface area contributed by atoms with Crippen LogP contribution in [0.3, 0.4) is 0 Å². The second-order valence-electron chi connectivity index (χ2n) is 14.2. The molecule has 4 aromatic carbocycles. The molecule has 10 nitrogen and oxygen atoms in total. The van der Waals surface area contributed by atoms with Crippen LogP contribution in [0.1, 0.15) is 70.2 Å². The highest BCUT2D eigenvalue weighted by Gasteiger charge is 2.24. The van der Waals surface area contributed by atoms with Crippen molar-refractivity contribution in [2.24, 2.45) is 0 Å². The smallest absolute Gasteiger partial charge is 0.182 e. The molecule has 12 aliphatic rings. The number of hydrogen-bond acceptors (Lipinski definition) is 10. The van der Waals surface area contributed by atoms with Gasteiger partial charge in [-0.25, -0.2) is 0 Å². The van der Waals surface area contributed by atoms with Crippen molar-refractivity contribution in [2.75, 3.05) is 56.9 Å². The van der Waals surface area contributed by atoms with E-state index in [1.54, 1.807) is 56.9 Å². The summed E-state index contributed by atoms with van der Waals surface area (Å²) in [4.78, 5) is 26.7. The van der Waals surface area contributed by atoms with Gasteiger partial charge in [-0.1, -0.05) is 6.42 Å². The Morgan fingerprint density at radius 1 is 0.316 bits per heavy atom. The van der Waals surface area contributed by atoms with Crippen molar-refractivity contribution in [3.8, 4) is 46.0 Å². The molecule has 12 aliphatic carbocycles. The quantitative estimate of drug-likeness (QED) is 0.163. The summed E-state index contributed by atoms with van der Waals surface area (Å²) >= 11 is 0. The molecule has 0 amide bonds. The summed E-state index contributed by atoms with van der Waals surface area (Å²) < 4.78 is 47.4. The Morgan fingerprint density at radius 3 is 0.930 bits per heavy atom. The molecule has 57 heavy (non-hydrogen) atoms. The minimum Gasteiger partial charge on any atom is -0.496 e. The van der Waals surface area contributed by atoms with Gasteiger partial charge in [0.1, 0.15) is 46.0 Å². The van der Waals surface area contributed by atoms with Gasteiger partial charge in [-0.3, -0.25) is 9.59 Å². The van der Waals surface area contributed by atoms with E-state index < -0.39 is 0 Å². The van der Waals surface area contributed by atoms with Crippen LogP contribution in [0.25, 0.3) is 0 Å². The summed E-state index contributed by atoms with van der Waals surface area (Å²) in [5.41, 5.74) is 8.13. The van der Waals surface area contributed by atoms with Crippen molar-refractivity contribution in [1.82, 2.24) is 0 Å². The molecule has 300 valence electrons. The van der Waals surface area contributed by atoms with E-state index in [0.29, 0.717) is 71.3 Å². The van der Waals surface area contributed by atoms with Gasteiger partial charge in [-0.15, -0.1) is 0 Å². The molecule has 0 N–H and O–H groups in total. The Morgan fingerprint density at radius 2 is 0.579 bits per heavy atom. The molecule has 10 heteroatoms. The monoisotopic (exact) mass is 776 g/mol. The topological polar surface area (TPSA) is 108 Å². The summed E-state index contributed by atoms with van der Waals surface area (Å²) in [5, 5.41) is 0. The average molecular weight is 777 g/mol. The number of rotatable bonds is 8. The maximum Gasteiger partial charge on any atom is 0.182 e. The zero-order valence-electron chi connectivity index (χ0n) is 34.2. The second kappa shape index (κ2) is 18.4. The molecule has 0 heterocycles. The number of benzene rings is 4. The number of carbonyl (C=O) groups excluding carboxylic acids is 2. The van der Waals surface area contributed by atoms with Gasteiger partial charge in [0.2, 0.25) is 0 Å². The first-order valence-corrected chi connectivity index (χ1v) is 19.1. The predicted molar refractivity (Wildman–Crippen MR) is 219 cm³/mol. The van der Waals surface area contributed by atoms with Crippen molar-refractivity contribution < 1.29 is 47.5 Å². The highest BCUT2D eigenvalue weighted by Crippen LogP contribution is 2.40. The lowest BCUT2D eigenvalue weighted by Crippen LogP contribution is -2.15. The third kappa shape index (κ3) is 8.90. The van der Waals surface area contributed by atoms with Crippen molar-refractivity contribution in [3.63, 3.8) is 0 Å². The van der Waals surface area contributed by atoms with E-state index in [-0.39, 0.29) is 18.0 Å². The van der Waals surface area contributed by atoms with E-state index in [2.05, 4.69) is 0 Å². The van der Waals surface area contributed by atoms with Gasteiger partial charge < -0.3 is 37.9 Å². The molecule has 4 aromatic rings. The number of fused-ring (bicyclic) bond motifs is 1. The van der Waals surface area contributed by atoms with Crippen molar-refractivity contribution in [2.45, 2.75) is 57.8 Å². The highest BCUT2D eigenvalue weighted by atomic mass is 16.5. The van der Waals surface area contributed by atoms with E-state index in [1.807, 2.05) is 48.5 Å². The van der Waals surface area contributed by atoms with Crippen LogP contribution in [0.5, 0.6) is 46.0 Å². The molecule has 0 aromatic heterocycles. The summed E-state index contributed by atoms with van der Waals surface area (Å²) in [6.45, 7) is 0. The van der Waals surface area contributed by atoms with Gasteiger partial charge >= 0.3 is 0 Å². The predicted octanol–water partition coefficient (Wildman–Crippen LogP) is 8.19. The first-order chi connectivity index (χ1) is 27.7. The molecular formula is C47H52O10. The van der Waals surface area contributed by atoms with Gasteiger partial charge in [0, 0.05) is 75.8 Å². The van der Waals surface area contributed by atoms with Gasteiger partial charge in [0.15, 0.2) is 11.6 Å². The summed E-state index contributed by atoms with van der Waals surface area (Å²) in [6.07, 6.45) is 8.44. The zero-order chi connectivity index (χ0) is 40.6. The van der Waals surface area contributed by atoms with Crippen LogP contribution < -0.4 is 37.9 Å². The number of allylic oxidation sites excluding steroid dienone is 4. The van der Waals surface area contributed by atoms with E-state index in [1.165, 1.54) is 12.2 Å². The number of hydrogen-bond donors (Lipinski definition) is 0. The van der Waals surface area contributed by atoms with E-state index in [9.17, 15) is 9.59 Å². The van der Waals surface area contributed by atoms with Gasteiger partial charge in [0.25, 0.3) is 0 Å². The average Bonchev–Trinajstić information content (AvgIpc) is 3.22. The van der Waals surface area contributed by atoms with Crippen molar-refractivity contribution in [1.29, 1.82) is 0 Å². The Kier molecular flexibility index (Phi) is 13.1. The lowest BCUT2D eigenvalue weighted by Gasteiger charge is -2.20. The number of ether oxygens (including phenoxy) is 8.